The highest BCUT2D eigenvalue weighted by molar-refractivity contribution is 7.88. The molecular formula is C5H11NO5S. The number of carbonyl (C=O) groups is 1. The van der Waals surface area contributed by atoms with Crippen molar-refractivity contribution in [1.82, 2.24) is 0 Å². The Morgan fingerprint density at radius 2 is 2.00 bits per heavy atom. The van der Waals surface area contributed by atoms with Gasteiger partial charge >= 0.3 is 5.97 Å². The average Bonchev–Trinajstić information content (AvgIpc) is 1.85. The van der Waals surface area contributed by atoms with Gasteiger partial charge in [0, 0.05) is 0 Å². The lowest BCUT2D eigenvalue weighted by atomic mass is 10.2. The van der Waals surface area contributed by atoms with E-state index in [2.05, 4.69) is 0 Å². The largest absolute Gasteiger partial charge is 0.479 e. The Balaban J connectivity index is 5.02. The predicted molar refractivity (Wildman–Crippen MR) is 41.0 cm³/mol. The Kier molecular flexibility index (Phi) is 3.19. The van der Waals surface area contributed by atoms with E-state index >= 15 is 0 Å². The predicted octanol–water partition coefficient (Wildman–Crippen LogP) is -0.586. The number of carboxylic acid groups (broad SMARTS) is 1. The molecular weight excluding hydrogens is 186 g/mol. The molecule has 0 aromatic rings. The van der Waals surface area contributed by atoms with Crippen molar-refractivity contribution in [1.29, 1.82) is 0 Å². The summed E-state index contributed by atoms with van der Waals surface area (Å²) in [6, 6.07) is 0. The van der Waals surface area contributed by atoms with Gasteiger partial charge in [0.25, 0.3) is 10.1 Å². The maximum absolute atomic E-state index is 10.5. The zero-order valence-electron chi connectivity index (χ0n) is 6.52. The van der Waals surface area contributed by atoms with Gasteiger partial charge < -0.3 is 10.8 Å². The van der Waals surface area contributed by atoms with Crippen LogP contribution in [0.4, 0.5) is 0 Å². The zero-order chi connectivity index (χ0) is 9.99. The van der Waals surface area contributed by atoms with Gasteiger partial charge in [0.2, 0.25) is 4.87 Å². The first kappa shape index (κ1) is 11.3. The lowest BCUT2D eigenvalue weighted by molar-refractivity contribution is -0.140. The summed E-state index contributed by atoms with van der Waals surface area (Å²) in [4.78, 5) is 7.83. The van der Waals surface area contributed by atoms with Gasteiger partial charge in [-0.15, -0.1) is 0 Å². The van der Waals surface area contributed by atoms with Crippen LogP contribution in [0, 0.1) is 0 Å². The number of aliphatic carboxylic acids is 1. The van der Waals surface area contributed by atoms with Crippen LogP contribution in [0.1, 0.15) is 19.8 Å². The Labute approximate surface area is 70.1 Å². The molecule has 1 unspecified atom stereocenters. The van der Waals surface area contributed by atoms with Gasteiger partial charge in [-0.05, 0) is 6.42 Å². The highest BCUT2D eigenvalue weighted by Crippen LogP contribution is 2.16. The quantitative estimate of drug-likeness (QED) is 0.518. The lowest BCUT2D eigenvalue weighted by Gasteiger charge is -2.19. The molecule has 0 aliphatic rings. The number of hydrogen-bond acceptors (Lipinski definition) is 4. The maximum atomic E-state index is 10.5. The average molecular weight is 197 g/mol. The monoisotopic (exact) mass is 197 g/mol. The summed E-state index contributed by atoms with van der Waals surface area (Å²) >= 11 is 0. The molecule has 0 heterocycles. The molecule has 6 nitrogen and oxygen atoms in total. The summed E-state index contributed by atoms with van der Waals surface area (Å²) in [6.45, 7) is 1.57. The van der Waals surface area contributed by atoms with Gasteiger partial charge in [-0.2, -0.15) is 8.42 Å². The van der Waals surface area contributed by atoms with E-state index < -0.39 is 21.0 Å². The van der Waals surface area contributed by atoms with Crippen molar-refractivity contribution in [3.63, 3.8) is 0 Å². The summed E-state index contributed by atoms with van der Waals surface area (Å²) < 4.78 is 29.6. The summed E-state index contributed by atoms with van der Waals surface area (Å²) in [5.74, 6) is -1.74. The standard InChI is InChI=1S/C5H11NO5S/c1-2-3-5(6,4(7)8)12(9,10)11/h2-3,6H2,1H3,(H,7,8)(H,9,10,11). The molecule has 0 spiro atoms. The fourth-order valence-corrected chi connectivity index (χ4v) is 1.40. The van der Waals surface area contributed by atoms with Crippen molar-refractivity contribution in [2.75, 3.05) is 0 Å². The molecule has 0 aliphatic carbocycles. The van der Waals surface area contributed by atoms with Crippen LogP contribution >= 0.6 is 0 Å². The van der Waals surface area contributed by atoms with Crippen molar-refractivity contribution < 1.29 is 22.9 Å². The van der Waals surface area contributed by atoms with Gasteiger partial charge in [-0.25, -0.2) is 4.79 Å². The number of hydrogen-bond donors (Lipinski definition) is 3. The highest BCUT2D eigenvalue weighted by Gasteiger charge is 2.45. The Morgan fingerprint density at radius 1 is 1.58 bits per heavy atom. The minimum absolute atomic E-state index is 0.253. The van der Waals surface area contributed by atoms with E-state index in [0.717, 1.165) is 0 Å². The van der Waals surface area contributed by atoms with Crippen LogP contribution in [-0.2, 0) is 14.9 Å². The highest BCUT2D eigenvalue weighted by atomic mass is 32.2. The molecule has 0 aromatic heterocycles. The van der Waals surface area contributed by atoms with Crippen molar-refractivity contribution in [3.8, 4) is 0 Å². The first-order valence-corrected chi connectivity index (χ1v) is 4.69. The molecule has 0 aromatic carbocycles. The van der Waals surface area contributed by atoms with Crippen molar-refractivity contribution in [2.24, 2.45) is 5.73 Å². The topological polar surface area (TPSA) is 118 Å². The van der Waals surface area contributed by atoms with E-state index in [1.54, 1.807) is 6.92 Å². The Hall–Kier alpha value is -0.660. The van der Waals surface area contributed by atoms with Gasteiger partial charge in [0.1, 0.15) is 0 Å². The van der Waals surface area contributed by atoms with E-state index in [1.807, 2.05) is 0 Å². The molecule has 0 radical (unpaired) electrons. The Morgan fingerprint density at radius 3 is 2.08 bits per heavy atom. The van der Waals surface area contributed by atoms with Gasteiger partial charge in [-0.3, -0.25) is 4.55 Å². The van der Waals surface area contributed by atoms with Crippen LogP contribution in [0.3, 0.4) is 0 Å². The Bertz CT molecular complexity index is 272. The lowest BCUT2D eigenvalue weighted by Crippen LogP contribution is -2.54. The normalized spacial score (nSPS) is 16.9. The second-order valence-corrected chi connectivity index (χ2v) is 4.10. The van der Waals surface area contributed by atoms with Crippen molar-refractivity contribution in [2.45, 2.75) is 24.6 Å². The van der Waals surface area contributed by atoms with Crippen LogP contribution in [0.25, 0.3) is 0 Å². The van der Waals surface area contributed by atoms with Crippen molar-refractivity contribution >= 4 is 16.1 Å². The molecule has 72 valence electrons. The third-order valence-electron chi connectivity index (χ3n) is 1.44. The van der Waals surface area contributed by atoms with Crippen LogP contribution in [0.2, 0.25) is 0 Å². The molecule has 4 N–H and O–H groups in total. The van der Waals surface area contributed by atoms with E-state index in [9.17, 15) is 13.2 Å². The van der Waals surface area contributed by atoms with Crippen LogP contribution in [-0.4, -0.2) is 28.9 Å². The summed E-state index contributed by atoms with van der Waals surface area (Å²) in [5.41, 5.74) is 4.99. The molecule has 0 aliphatic heterocycles. The van der Waals surface area contributed by atoms with Gasteiger partial charge in [-0.1, -0.05) is 13.3 Å². The molecule has 12 heavy (non-hydrogen) atoms. The van der Waals surface area contributed by atoms with Crippen LogP contribution < -0.4 is 5.73 Å². The molecule has 0 rings (SSSR count). The third kappa shape index (κ3) is 1.93. The molecule has 7 heteroatoms. The fraction of sp³-hybridized carbons (Fsp3) is 0.800. The number of nitrogens with two attached hydrogens (primary N) is 1. The maximum Gasteiger partial charge on any atom is 0.342 e. The summed E-state index contributed by atoms with van der Waals surface area (Å²) in [6.07, 6.45) is -0.0657. The van der Waals surface area contributed by atoms with E-state index in [-0.39, 0.29) is 12.8 Å². The second kappa shape index (κ2) is 3.38. The molecule has 0 amide bonds. The summed E-state index contributed by atoms with van der Waals surface area (Å²) in [5, 5.41) is 8.44. The molecule has 0 bridgehead atoms. The molecule has 0 fully saturated rings. The fourth-order valence-electron chi connectivity index (χ4n) is 0.718. The van der Waals surface area contributed by atoms with E-state index in [1.165, 1.54) is 0 Å². The molecule has 0 saturated carbocycles. The SMILES string of the molecule is CCCC(N)(C(=O)O)S(=O)(=O)O. The minimum atomic E-state index is -4.75. The smallest absolute Gasteiger partial charge is 0.342 e. The van der Waals surface area contributed by atoms with Crippen LogP contribution in [0.15, 0.2) is 0 Å². The van der Waals surface area contributed by atoms with E-state index in [0.29, 0.717) is 0 Å². The number of carboxylic acids is 1. The first-order valence-electron chi connectivity index (χ1n) is 3.25. The van der Waals surface area contributed by atoms with Crippen LogP contribution in [0.5, 0.6) is 0 Å². The zero-order valence-corrected chi connectivity index (χ0v) is 7.34. The van der Waals surface area contributed by atoms with Gasteiger partial charge in [0.05, 0.1) is 0 Å². The van der Waals surface area contributed by atoms with Gasteiger partial charge in [0.15, 0.2) is 0 Å². The van der Waals surface area contributed by atoms with E-state index in [4.69, 9.17) is 15.4 Å². The minimum Gasteiger partial charge on any atom is -0.479 e. The van der Waals surface area contributed by atoms with Crippen molar-refractivity contribution in [3.05, 3.63) is 0 Å². The first-order chi connectivity index (χ1) is 5.25. The number of rotatable bonds is 4. The third-order valence-corrected chi connectivity index (χ3v) is 2.74. The summed E-state index contributed by atoms with van der Waals surface area (Å²) in [7, 11) is -4.75. The second-order valence-electron chi connectivity index (χ2n) is 2.42. The molecule has 1 atom stereocenters. The molecule has 0 saturated heterocycles.